The lowest BCUT2D eigenvalue weighted by molar-refractivity contribution is -0.142. The lowest BCUT2D eigenvalue weighted by atomic mass is 10.0. The summed E-state index contributed by atoms with van der Waals surface area (Å²) in [5, 5.41) is 6.83. The van der Waals surface area contributed by atoms with Crippen molar-refractivity contribution in [2.75, 3.05) is 6.54 Å². The van der Waals surface area contributed by atoms with Gasteiger partial charge in [-0.3, -0.25) is 14.5 Å². The molecule has 1 fully saturated rings. The van der Waals surface area contributed by atoms with Crippen molar-refractivity contribution in [1.29, 1.82) is 0 Å². The largest absolute Gasteiger partial charge is 0.408 e. The van der Waals surface area contributed by atoms with Crippen molar-refractivity contribution >= 4 is 5.91 Å². The fourth-order valence-corrected chi connectivity index (χ4v) is 3.16. The van der Waals surface area contributed by atoms with E-state index in [4.69, 9.17) is 0 Å². The highest BCUT2D eigenvalue weighted by Gasteiger charge is 2.45. The second kappa shape index (κ2) is 6.74. The molecule has 26 heavy (non-hydrogen) atoms. The van der Waals surface area contributed by atoms with E-state index in [1.807, 2.05) is 18.2 Å². The molecule has 0 saturated heterocycles. The van der Waals surface area contributed by atoms with Crippen molar-refractivity contribution in [3.05, 3.63) is 47.0 Å². The van der Waals surface area contributed by atoms with Crippen LogP contribution in [0.25, 0.3) is 0 Å². The van der Waals surface area contributed by atoms with Gasteiger partial charge in [0, 0.05) is 35.1 Å². The number of carbonyl (C=O) groups excluding carboxylic acids is 1. The minimum atomic E-state index is -4.34. The van der Waals surface area contributed by atoms with Crippen molar-refractivity contribution < 1.29 is 18.0 Å². The molecule has 3 rings (SSSR count). The molecule has 1 amide bonds. The Hall–Kier alpha value is -2.38. The first-order valence-corrected chi connectivity index (χ1v) is 8.48. The van der Waals surface area contributed by atoms with Crippen LogP contribution in [0.1, 0.15) is 35.5 Å². The van der Waals surface area contributed by atoms with Gasteiger partial charge < -0.3 is 5.32 Å². The highest BCUT2D eigenvalue weighted by Crippen LogP contribution is 2.46. The molecule has 2 heterocycles. The minimum Gasteiger partial charge on any atom is -0.355 e. The van der Waals surface area contributed by atoms with Crippen LogP contribution in [0.5, 0.6) is 0 Å². The molecule has 1 N–H and O–H groups in total. The predicted molar refractivity (Wildman–Crippen MR) is 89.6 cm³/mol. The molecule has 0 spiro atoms. The first kappa shape index (κ1) is 18.4. The van der Waals surface area contributed by atoms with Crippen LogP contribution in [-0.4, -0.2) is 33.4 Å². The van der Waals surface area contributed by atoms with Crippen LogP contribution in [-0.2, 0) is 23.2 Å². The Morgan fingerprint density at radius 3 is 2.62 bits per heavy atom. The Morgan fingerprint density at radius 1 is 1.31 bits per heavy atom. The molecule has 1 aliphatic rings. The van der Waals surface area contributed by atoms with Gasteiger partial charge >= 0.3 is 6.18 Å². The maximum atomic E-state index is 12.6. The fraction of sp³-hybridized carbons (Fsp3) is 0.500. The third-order valence-corrected chi connectivity index (χ3v) is 4.88. The van der Waals surface area contributed by atoms with Gasteiger partial charge in [0.25, 0.3) is 0 Å². The molecule has 140 valence electrons. The number of halogens is 3. The Kier molecular flexibility index (Phi) is 4.77. The van der Waals surface area contributed by atoms with E-state index in [9.17, 15) is 18.0 Å². The van der Waals surface area contributed by atoms with Gasteiger partial charge in [-0.05, 0) is 38.8 Å². The fourth-order valence-electron chi connectivity index (χ4n) is 3.16. The molecular weight excluding hydrogens is 345 g/mol. The van der Waals surface area contributed by atoms with Gasteiger partial charge in [0.15, 0.2) is 0 Å². The van der Waals surface area contributed by atoms with Gasteiger partial charge in [-0.25, -0.2) is 0 Å². The van der Waals surface area contributed by atoms with Gasteiger partial charge in [0.05, 0.1) is 12.1 Å². The number of amides is 1. The van der Waals surface area contributed by atoms with Gasteiger partial charge in [0.1, 0.15) is 6.54 Å². The summed E-state index contributed by atoms with van der Waals surface area (Å²) in [7, 11) is 0. The molecule has 5 nitrogen and oxygen atoms in total. The zero-order chi connectivity index (χ0) is 18.9. The molecule has 1 aliphatic carbocycles. The minimum absolute atomic E-state index is 0.0216. The average molecular weight is 366 g/mol. The number of nitrogens with one attached hydrogen (secondary N) is 1. The Balaban J connectivity index is 1.62. The quantitative estimate of drug-likeness (QED) is 0.855. The van der Waals surface area contributed by atoms with Crippen LogP contribution >= 0.6 is 0 Å². The number of pyridine rings is 1. The van der Waals surface area contributed by atoms with Crippen LogP contribution in [0, 0.1) is 13.8 Å². The highest BCUT2D eigenvalue weighted by atomic mass is 19.4. The average Bonchev–Trinajstić information content (AvgIpc) is 3.33. The van der Waals surface area contributed by atoms with E-state index in [0.717, 1.165) is 23.2 Å². The van der Waals surface area contributed by atoms with Crippen LogP contribution in [0.2, 0.25) is 0 Å². The summed E-state index contributed by atoms with van der Waals surface area (Å²) < 4.78 is 38.7. The van der Waals surface area contributed by atoms with Crippen molar-refractivity contribution in [3.63, 3.8) is 0 Å². The Bertz CT molecular complexity index is 795. The number of hydrogen-bond donors (Lipinski definition) is 1. The molecule has 0 bridgehead atoms. The zero-order valence-electron chi connectivity index (χ0n) is 14.7. The van der Waals surface area contributed by atoms with E-state index < -0.39 is 12.7 Å². The standard InChI is InChI=1S/C18H21F3N4O/c1-12-14(13(2)25(24-12)11-18(19,20)21)9-16(26)23-10-17(6-7-17)15-5-3-4-8-22-15/h3-5,8H,6-7,9-11H2,1-2H3,(H,23,26). The summed E-state index contributed by atoms with van der Waals surface area (Å²) in [5.41, 5.74) is 2.23. The van der Waals surface area contributed by atoms with Crippen LogP contribution in [0.15, 0.2) is 24.4 Å². The summed E-state index contributed by atoms with van der Waals surface area (Å²) >= 11 is 0. The molecule has 0 unspecified atom stereocenters. The molecule has 0 aromatic carbocycles. The lowest BCUT2D eigenvalue weighted by Gasteiger charge is -2.15. The Morgan fingerprint density at radius 2 is 2.04 bits per heavy atom. The number of aryl methyl sites for hydroxylation is 1. The third kappa shape index (κ3) is 4.05. The molecule has 0 radical (unpaired) electrons. The summed E-state index contributed by atoms with van der Waals surface area (Å²) in [6.45, 7) is 2.52. The van der Waals surface area contributed by atoms with E-state index in [2.05, 4.69) is 15.4 Å². The summed E-state index contributed by atoms with van der Waals surface area (Å²) in [4.78, 5) is 16.7. The molecule has 2 aromatic rings. The smallest absolute Gasteiger partial charge is 0.355 e. The van der Waals surface area contributed by atoms with E-state index in [1.54, 1.807) is 20.0 Å². The van der Waals surface area contributed by atoms with E-state index in [-0.39, 0.29) is 17.7 Å². The summed E-state index contributed by atoms with van der Waals surface area (Å²) in [5.74, 6) is -0.218. The normalized spacial score (nSPS) is 15.7. The number of nitrogens with zero attached hydrogens (tertiary/aromatic N) is 3. The van der Waals surface area contributed by atoms with E-state index in [0.29, 0.717) is 23.5 Å². The van der Waals surface area contributed by atoms with Crippen molar-refractivity contribution in [3.8, 4) is 0 Å². The number of carbonyl (C=O) groups is 1. The SMILES string of the molecule is Cc1nn(CC(F)(F)F)c(C)c1CC(=O)NCC1(c2ccccn2)CC1. The topological polar surface area (TPSA) is 59.8 Å². The van der Waals surface area contributed by atoms with Crippen molar-refractivity contribution in [2.45, 2.75) is 51.2 Å². The summed E-state index contributed by atoms with van der Waals surface area (Å²) in [6, 6.07) is 5.73. The first-order valence-electron chi connectivity index (χ1n) is 8.48. The monoisotopic (exact) mass is 366 g/mol. The number of aromatic nitrogens is 3. The highest BCUT2D eigenvalue weighted by molar-refractivity contribution is 5.79. The molecule has 8 heteroatoms. The molecular formula is C18H21F3N4O. The number of hydrogen-bond acceptors (Lipinski definition) is 3. The van der Waals surface area contributed by atoms with Crippen LogP contribution in [0.4, 0.5) is 13.2 Å². The molecule has 1 saturated carbocycles. The second-order valence-corrected chi connectivity index (χ2v) is 6.87. The van der Waals surface area contributed by atoms with Gasteiger partial charge in [-0.2, -0.15) is 18.3 Å². The molecule has 0 atom stereocenters. The van der Waals surface area contributed by atoms with E-state index in [1.165, 1.54) is 0 Å². The van der Waals surface area contributed by atoms with Crippen LogP contribution < -0.4 is 5.32 Å². The number of rotatable bonds is 6. The van der Waals surface area contributed by atoms with Crippen molar-refractivity contribution in [2.24, 2.45) is 0 Å². The first-order chi connectivity index (χ1) is 12.2. The van der Waals surface area contributed by atoms with Crippen LogP contribution in [0.3, 0.4) is 0 Å². The van der Waals surface area contributed by atoms with Crippen molar-refractivity contribution in [1.82, 2.24) is 20.1 Å². The third-order valence-electron chi connectivity index (χ3n) is 4.88. The second-order valence-electron chi connectivity index (χ2n) is 6.87. The van der Waals surface area contributed by atoms with Gasteiger partial charge in [-0.15, -0.1) is 0 Å². The van der Waals surface area contributed by atoms with E-state index >= 15 is 0 Å². The zero-order valence-corrected chi connectivity index (χ0v) is 14.7. The maximum absolute atomic E-state index is 12.6. The predicted octanol–water partition coefficient (Wildman–Crippen LogP) is 2.85. The molecule has 2 aromatic heterocycles. The molecule has 0 aliphatic heterocycles. The lowest BCUT2D eigenvalue weighted by Crippen LogP contribution is -2.33. The van der Waals surface area contributed by atoms with Gasteiger partial charge in [0.2, 0.25) is 5.91 Å². The van der Waals surface area contributed by atoms with Gasteiger partial charge in [-0.1, -0.05) is 6.07 Å². The summed E-state index contributed by atoms with van der Waals surface area (Å²) in [6.07, 6.45) is -0.658. The maximum Gasteiger partial charge on any atom is 0.408 e. The number of alkyl halides is 3. The Labute approximate surface area is 149 Å².